The number of nitrogens with zero attached hydrogens (tertiary/aromatic N) is 2. The molecule has 0 aliphatic carbocycles. The Morgan fingerprint density at radius 1 is 1.50 bits per heavy atom. The van der Waals surface area contributed by atoms with Crippen LogP contribution >= 0.6 is 0 Å². The molecule has 0 radical (unpaired) electrons. The van der Waals surface area contributed by atoms with E-state index >= 15 is 0 Å². The quantitative estimate of drug-likeness (QED) is 0.790. The average Bonchev–Trinajstić information content (AvgIpc) is 2.92. The number of hydrogen-bond donors (Lipinski definition) is 2. The van der Waals surface area contributed by atoms with Crippen LogP contribution in [0, 0.1) is 0 Å². The van der Waals surface area contributed by atoms with Crippen molar-refractivity contribution in [3.8, 4) is 0 Å². The van der Waals surface area contributed by atoms with Gasteiger partial charge in [-0.3, -0.25) is 0 Å². The molecule has 1 aliphatic heterocycles. The van der Waals surface area contributed by atoms with E-state index in [1.807, 2.05) is 6.92 Å². The maximum absolute atomic E-state index is 11.1. The Morgan fingerprint density at radius 3 is 2.90 bits per heavy atom. The number of ether oxygens (including phenoxy) is 1. The number of aromatic nitrogens is 2. The molecule has 0 spiro atoms. The van der Waals surface area contributed by atoms with Crippen molar-refractivity contribution < 1.29 is 19.2 Å². The number of rotatable bonds is 7. The number of nitrogens with one attached hydrogen (secondary N) is 1. The van der Waals surface area contributed by atoms with E-state index in [2.05, 4.69) is 15.5 Å². The molecule has 2 rings (SSSR count). The monoisotopic (exact) mass is 283 g/mol. The number of carboxylic acids is 1. The Bertz CT molecular complexity index is 429. The van der Waals surface area contributed by atoms with Gasteiger partial charge in [0.1, 0.15) is 6.04 Å². The van der Waals surface area contributed by atoms with Crippen LogP contribution < -0.4 is 5.32 Å². The minimum atomic E-state index is -0.899. The first-order chi connectivity index (χ1) is 9.70. The van der Waals surface area contributed by atoms with E-state index in [1.165, 1.54) is 0 Å². The van der Waals surface area contributed by atoms with Gasteiger partial charge in [-0.25, -0.2) is 4.79 Å². The van der Waals surface area contributed by atoms with Gasteiger partial charge in [0.05, 0.1) is 0 Å². The van der Waals surface area contributed by atoms with Gasteiger partial charge in [0, 0.05) is 19.1 Å². The number of aliphatic carboxylic acids is 1. The van der Waals surface area contributed by atoms with Crippen molar-refractivity contribution in [3.63, 3.8) is 0 Å². The first-order valence-electron chi connectivity index (χ1n) is 7.11. The van der Waals surface area contributed by atoms with E-state index in [9.17, 15) is 4.79 Å². The molecule has 0 bridgehead atoms. The third kappa shape index (κ3) is 3.93. The zero-order chi connectivity index (χ0) is 14.4. The minimum absolute atomic E-state index is 0.190. The van der Waals surface area contributed by atoms with Gasteiger partial charge < -0.3 is 19.7 Å². The number of carboxylic acid groups (broad SMARTS) is 1. The summed E-state index contributed by atoms with van der Waals surface area (Å²) >= 11 is 0. The predicted octanol–water partition coefficient (Wildman–Crippen LogP) is 2.02. The van der Waals surface area contributed by atoms with Crippen LogP contribution in [0.15, 0.2) is 4.52 Å². The van der Waals surface area contributed by atoms with Crippen LogP contribution in [0.3, 0.4) is 0 Å². The van der Waals surface area contributed by atoms with Gasteiger partial charge in [0.2, 0.25) is 0 Å². The molecule has 0 amide bonds. The highest BCUT2D eigenvalue weighted by molar-refractivity contribution is 5.76. The first-order valence-corrected chi connectivity index (χ1v) is 7.11. The molecule has 1 aromatic rings. The van der Waals surface area contributed by atoms with Crippen LogP contribution in [0.4, 0.5) is 6.01 Å². The van der Waals surface area contributed by atoms with Crippen LogP contribution in [-0.4, -0.2) is 40.5 Å². The Balaban J connectivity index is 1.94. The summed E-state index contributed by atoms with van der Waals surface area (Å²) in [6.45, 7) is 3.43. The van der Waals surface area contributed by atoms with Gasteiger partial charge >= 0.3 is 12.0 Å². The molecule has 7 nitrogen and oxygen atoms in total. The normalized spacial score (nSPS) is 17.9. The SMILES string of the molecule is CCCCC(Nc1nc(C2CCOCC2)no1)C(=O)O. The molecule has 1 fully saturated rings. The average molecular weight is 283 g/mol. The zero-order valence-corrected chi connectivity index (χ0v) is 11.7. The van der Waals surface area contributed by atoms with Crippen molar-refractivity contribution in [2.45, 2.75) is 51.0 Å². The standard InChI is InChI=1S/C13H21N3O4/c1-2-3-4-10(12(17)18)14-13-15-11(16-20-13)9-5-7-19-8-6-9/h9-10H,2-8H2,1H3,(H,17,18)(H,14,15,16). The molecule has 0 saturated carbocycles. The lowest BCUT2D eigenvalue weighted by Crippen LogP contribution is -2.29. The summed E-state index contributed by atoms with van der Waals surface area (Å²) in [5, 5.41) is 15.9. The minimum Gasteiger partial charge on any atom is -0.480 e. The van der Waals surface area contributed by atoms with Crippen molar-refractivity contribution >= 4 is 12.0 Å². The van der Waals surface area contributed by atoms with Crippen LogP contribution in [-0.2, 0) is 9.53 Å². The summed E-state index contributed by atoms with van der Waals surface area (Å²) in [7, 11) is 0. The summed E-state index contributed by atoms with van der Waals surface area (Å²) in [6, 6.07) is -0.493. The van der Waals surface area contributed by atoms with Gasteiger partial charge in [-0.2, -0.15) is 4.98 Å². The highest BCUT2D eigenvalue weighted by Crippen LogP contribution is 2.25. The molecule has 1 aromatic heterocycles. The van der Waals surface area contributed by atoms with Crippen LogP contribution in [0.5, 0.6) is 0 Å². The van der Waals surface area contributed by atoms with E-state index in [0.717, 1.165) is 25.7 Å². The Kier molecular flexibility index (Phi) is 5.34. The third-order valence-corrected chi connectivity index (χ3v) is 3.47. The number of carbonyl (C=O) groups is 1. The van der Waals surface area contributed by atoms with E-state index in [1.54, 1.807) is 0 Å². The molecular formula is C13H21N3O4. The Hall–Kier alpha value is -1.63. The Morgan fingerprint density at radius 2 is 2.25 bits per heavy atom. The molecular weight excluding hydrogens is 262 g/mol. The van der Waals surface area contributed by atoms with Crippen molar-refractivity contribution in [1.29, 1.82) is 0 Å². The molecule has 1 unspecified atom stereocenters. The second-order valence-electron chi connectivity index (χ2n) is 5.02. The molecule has 7 heteroatoms. The first kappa shape index (κ1) is 14.8. The predicted molar refractivity (Wildman–Crippen MR) is 71.7 cm³/mol. The zero-order valence-electron chi connectivity index (χ0n) is 11.7. The number of unbranched alkanes of at least 4 members (excludes halogenated alkanes) is 1. The molecule has 20 heavy (non-hydrogen) atoms. The summed E-state index contributed by atoms with van der Waals surface area (Å²) in [5.74, 6) is -0.0262. The van der Waals surface area contributed by atoms with Gasteiger partial charge in [-0.15, -0.1) is 0 Å². The third-order valence-electron chi connectivity index (χ3n) is 3.47. The van der Waals surface area contributed by atoms with E-state index in [0.29, 0.717) is 25.5 Å². The van der Waals surface area contributed by atoms with E-state index < -0.39 is 12.0 Å². The highest BCUT2D eigenvalue weighted by atomic mass is 16.5. The smallest absolute Gasteiger partial charge is 0.326 e. The van der Waals surface area contributed by atoms with Crippen molar-refractivity contribution in [2.24, 2.45) is 0 Å². The summed E-state index contributed by atoms with van der Waals surface area (Å²) in [4.78, 5) is 15.4. The fourth-order valence-corrected chi connectivity index (χ4v) is 2.23. The summed E-state index contributed by atoms with van der Waals surface area (Å²) in [5.41, 5.74) is 0. The van der Waals surface area contributed by atoms with Gasteiger partial charge in [0.25, 0.3) is 0 Å². The fraction of sp³-hybridized carbons (Fsp3) is 0.769. The number of anilines is 1. The molecule has 1 saturated heterocycles. The summed E-state index contributed by atoms with van der Waals surface area (Å²) < 4.78 is 10.4. The maximum Gasteiger partial charge on any atom is 0.326 e. The largest absolute Gasteiger partial charge is 0.480 e. The van der Waals surface area contributed by atoms with Crippen molar-refractivity contribution in [2.75, 3.05) is 18.5 Å². The topological polar surface area (TPSA) is 97.5 Å². The van der Waals surface area contributed by atoms with E-state index in [-0.39, 0.29) is 11.9 Å². The van der Waals surface area contributed by atoms with Crippen molar-refractivity contribution in [3.05, 3.63) is 5.82 Å². The molecule has 1 aliphatic rings. The lowest BCUT2D eigenvalue weighted by atomic mass is 10.00. The molecule has 1 atom stereocenters. The second-order valence-corrected chi connectivity index (χ2v) is 5.02. The lowest BCUT2D eigenvalue weighted by Gasteiger charge is -2.18. The second kappa shape index (κ2) is 7.23. The molecule has 0 aromatic carbocycles. The highest BCUT2D eigenvalue weighted by Gasteiger charge is 2.23. The molecule has 2 heterocycles. The van der Waals surface area contributed by atoms with Crippen molar-refractivity contribution in [1.82, 2.24) is 10.1 Å². The van der Waals surface area contributed by atoms with Gasteiger partial charge in [-0.1, -0.05) is 24.9 Å². The number of hydrogen-bond acceptors (Lipinski definition) is 6. The van der Waals surface area contributed by atoms with Crippen LogP contribution in [0.2, 0.25) is 0 Å². The van der Waals surface area contributed by atoms with Crippen LogP contribution in [0.1, 0.15) is 50.8 Å². The Labute approximate surface area is 117 Å². The molecule has 112 valence electrons. The van der Waals surface area contributed by atoms with E-state index in [4.69, 9.17) is 14.4 Å². The van der Waals surface area contributed by atoms with Gasteiger partial charge in [0.15, 0.2) is 5.82 Å². The molecule has 2 N–H and O–H groups in total. The summed E-state index contributed by atoms with van der Waals surface area (Å²) in [6.07, 6.45) is 4.07. The lowest BCUT2D eigenvalue weighted by molar-refractivity contribution is -0.138. The van der Waals surface area contributed by atoms with Gasteiger partial charge in [-0.05, 0) is 19.3 Å². The maximum atomic E-state index is 11.1. The fourth-order valence-electron chi connectivity index (χ4n) is 2.23. The van der Waals surface area contributed by atoms with Crippen LogP contribution in [0.25, 0.3) is 0 Å².